The summed E-state index contributed by atoms with van der Waals surface area (Å²) in [6.45, 7) is 6.46. The van der Waals surface area contributed by atoms with Gasteiger partial charge in [0.2, 0.25) is 10.0 Å². The number of furan rings is 1. The smallest absolute Gasteiger partial charge is 0.244 e. The van der Waals surface area contributed by atoms with Gasteiger partial charge in [0.25, 0.3) is 0 Å². The van der Waals surface area contributed by atoms with Crippen LogP contribution in [0.4, 0.5) is 0 Å². The number of aryl methyl sites for hydroxylation is 1. The van der Waals surface area contributed by atoms with Crippen LogP contribution in [0.5, 0.6) is 11.5 Å². The average Bonchev–Trinajstić information content (AvgIpc) is 3.30. The van der Waals surface area contributed by atoms with Gasteiger partial charge in [0.05, 0.1) is 25.2 Å². The molecule has 0 aliphatic rings. The molecule has 0 amide bonds. The standard InChI is InChI=1S/C19H22N2O5S2/c1-4-24-14-8-9-18(16(11-14)25-5-2)28(22,23)20-12-17-13(3)21-19(27-17)15-7-6-10-26-15/h6-11,20H,4-5,12H2,1-3H3. The van der Waals surface area contributed by atoms with E-state index >= 15 is 0 Å². The van der Waals surface area contributed by atoms with Crippen molar-refractivity contribution in [3.8, 4) is 22.3 Å². The summed E-state index contributed by atoms with van der Waals surface area (Å²) in [5.74, 6) is 1.48. The fraction of sp³-hybridized carbons (Fsp3) is 0.316. The van der Waals surface area contributed by atoms with Gasteiger partial charge in [-0.3, -0.25) is 0 Å². The van der Waals surface area contributed by atoms with Crippen molar-refractivity contribution < 1.29 is 22.3 Å². The highest BCUT2D eigenvalue weighted by Gasteiger charge is 2.21. The zero-order valence-electron chi connectivity index (χ0n) is 15.9. The van der Waals surface area contributed by atoms with E-state index in [1.54, 1.807) is 31.4 Å². The van der Waals surface area contributed by atoms with Crippen LogP contribution in [0.1, 0.15) is 24.4 Å². The maximum absolute atomic E-state index is 12.9. The monoisotopic (exact) mass is 422 g/mol. The van der Waals surface area contributed by atoms with Crippen molar-refractivity contribution in [3.63, 3.8) is 0 Å². The van der Waals surface area contributed by atoms with Gasteiger partial charge in [-0.25, -0.2) is 18.1 Å². The third kappa shape index (κ3) is 4.54. The number of sulfonamides is 1. The number of thiazole rings is 1. The molecule has 150 valence electrons. The summed E-state index contributed by atoms with van der Waals surface area (Å²) < 4.78 is 44.6. The molecule has 1 aromatic carbocycles. The average molecular weight is 423 g/mol. The molecule has 2 aromatic heterocycles. The Morgan fingerprint density at radius 3 is 2.64 bits per heavy atom. The van der Waals surface area contributed by atoms with E-state index in [1.165, 1.54) is 17.4 Å². The van der Waals surface area contributed by atoms with E-state index in [9.17, 15) is 8.42 Å². The lowest BCUT2D eigenvalue weighted by Gasteiger charge is -2.13. The lowest BCUT2D eigenvalue weighted by molar-refractivity contribution is 0.317. The molecule has 0 bridgehead atoms. The van der Waals surface area contributed by atoms with Gasteiger partial charge in [0.15, 0.2) is 10.8 Å². The van der Waals surface area contributed by atoms with Crippen LogP contribution < -0.4 is 14.2 Å². The first-order chi connectivity index (χ1) is 13.4. The first-order valence-corrected chi connectivity index (χ1v) is 11.1. The number of nitrogens with zero attached hydrogens (tertiary/aromatic N) is 1. The van der Waals surface area contributed by atoms with Crippen LogP contribution in [0.15, 0.2) is 45.9 Å². The van der Waals surface area contributed by atoms with E-state index in [2.05, 4.69) is 9.71 Å². The molecule has 28 heavy (non-hydrogen) atoms. The third-order valence-electron chi connectivity index (χ3n) is 3.86. The molecular formula is C19H22N2O5S2. The van der Waals surface area contributed by atoms with Gasteiger partial charge in [-0.15, -0.1) is 11.3 Å². The molecule has 3 rings (SSSR count). The van der Waals surface area contributed by atoms with Crippen molar-refractivity contribution >= 4 is 21.4 Å². The van der Waals surface area contributed by atoms with E-state index in [0.29, 0.717) is 29.7 Å². The molecule has 3 aromatic rings. The van der Waals surface area contributed by atoms with Crippen LogP contribution in [-0.4, -0.2) is 26.6 Å². The molecule has 1 N–H and O–H groups in total. The Morgan fingerprint density at radius 2 is 1.96 bits per heavy atom. The van der Waals surface area contributed by atoms with E-state index in [-0.39, 0.29) is 17.2 Å². The maximum atomic E-state index is 12.9. The minimum absolute atomic E-state index is 0.0752. The topological polar surface area (TPSA) is 90.7 Å². The van der Waals surface area contributed by atoms with Crippen LogP contribution in [0.2, 0.25) is 0 Å². The summed E-state index contributed by atoms with van der Waals surface area (Å²) in [5, 5.41) is 0.716. The van der Waals surface area contributed by atoms with Crippen LogP contribution in [0.3, 0.4) is 0 Å². The zero-order valence-corrected chi connectivity index (χ0v) is 17.5. The number of hydrogen-bond donors (Lipinski definition) is 1. The minimum Gasteiger partial charge on any atom is -0.494 e. The third-order valence-corrected chi connectivity index (χ3v) is 6.48. The molecular weight excluding hydrogens is 400 g/mol. The summed E-state index contributed by atoms with van der Waals surface area (Å²) in [6.07, 6.45) is 1.58. The molecule has 0 radical (unpaired) electrons. The molecule has 0 aliphatic carbocycles. The van der Waals surface area contributed by atoms with Gasteiger partial charge in [0, 0.05) is 17.5 Å². The van der Waals surface area contributed by atoms with Crippen molar-refractivity contribution in [2.24, 2.45) is 0 Å². The molecule has 9 heteroatoms. The zero-order chi connectivity index (χ0) is 20.1. The number of rotatable bonds is 9. The lowest BCUT2D eigenvalue weighted by Crippen LogP contribution is -2.23. The Bertz CT molecular complexity index is 1030. The van der Waals surface area contributed by atoms with Gasteiger partial charge < -0.3 is 13.9 Å². The SMILES string of the molecule is CCOc1ccc(S(=O)(=O)NCc2sc(-c3ccco3)nc2C)c(OCC)c1. The van der Waals surface area contributed by atoms with Crippen molar-refractivity contribution in [3.05, 3.63) is 47.2 Å². The normalized spacial score (nSPS) is 11.5. The molecule has 0 atom stereocenters. The summed E-state index contributed by atoms with van der Waals surface area (Å²) in [4.78, 5) is 5.35. The Kier molecular flexibility index (Phi) is 6.38. The molecule has 0 saturated heterocycles. The second-order valence-corrected chi connectivity index (χ2v) is 8.62. The Balaban J connectivity index is 1.81. The fourth-order valence-corrected chi connectivity index (χ4v) is 4.75. The molecule has 0 unspecified atom stereocenters. The lowest BCUT2D eigenvalue weighted by atomic mass is 10.3. The van der Waals surface area contributed by atoms with Crippen LogP contribution in [0.25, 0.3) is 10.8 Å². The van der Waals surface area contributed by atoms with Gasteiger partial charge in [-0.2, -0.15) is 0 Å². The number of hydrogen-bond acceptors (Lipinski definition) is 7. The summed E-state index contributed by atoms with van der Waals surface area (Å²) in [5.41, 5.74) is 0.760. The van der Waals surface area contributed by atoms with E-state index in [4.69, 9.17) is 13.9 Å². The predicted octanol–water partition coefficient (Wildman–Crippen LogP) is 3.99. The highest BCUT2D eigenvalue weighted by atomic mass is 32.2. The molecule has 7 nitrogen and oxygen atoms in total. The quantitative estimate of drug-likeness (QED) is 0.561. The molecule has 0 aliphatic heterocycles. The van der Waals surface area contributed by atoms with Gasteiger partial charge in [-0.1, -0.05) is 0 Å². The predicted molar refractivity (Wildman–Crippen MR) is 107 cm³/mol. The van der Waals surface area contributed by atoms with Crippen molar-refractivity contribution in [1.82, 2.24) is 9.71 Å². The molecule has 0 saturated carbocycles. The highest BCUT2D eigenvalue weighted by Crippen LogP contribution is 2.31. The second-order valence-electron chi connectivity index (χ2n) is 5.80. The minimum atomic E-state index is -3.78. The van der Waals surface area contributed by atoms with E-state index in [0.717, 1.165) is 10.6 Å². The molecule has 0 spiro atoms. The number of ether oxygens (including phenoxy) is 2. The van der Waals surface area contributed by atoms with Crippen LogP contribution in [-0.2, 0) is 16.6 Å². The summed E-state index contributed by atoms with van der Waals surface area (Å²) >= 11 is 1.39. The van der Waals surface area contributed by atoms with Crippen molar-refractivity contribution in [2.75, 3.05) is 13.2 Å². The Hall–Kier alpha value is -2.36. The van der Waals surface area contributed by atoms with Crippen molar-refractivity contribution in [2.45, 2.75) is 32.2 Å². The first-order valence-electron chi connectivity index (χ1n) is 8.84. The van der Waals surface area contributed by atoms with Crippen molar-refractivity contribution in [1.29, 1.82) is 0 Å². The number of benzene rings is 1. The van der Waals surface area contributed by atoms with Crippen LogP contribution >= 0.6 is 11.3 Å². The first kappa shape index (κ1) is 20.4. The summed E-state index contributed by atoms with van der Waals surface area (Å²) in [6, 6.07) is 8.31. The van der Waals surface area contributed by atoms with Crippen LogP contribution in [0, 0.1) is 6.92 Å². The number of aromatic nitrogens is 1. The fourth-order valence-electron chi connectivity index (χ4n) is 2.57. The van der Waals surface area contributed by atoms with Gasteiger partial charge in [0.1, 0.15) is 16.4 Å². The second kappa shape index (κ2) is 8.76. The Morgan fingerprint density at radius 1 is 1.18 bits per heavy atom. The van der Waals surface area contributed by atoms with E-state index in [1.807, 2.05) is 19.9 Å². The highest BCUT2D eigenvalue weighted by molar-refractivity contribution is 7.89. The largest absolute Gasteiger partial charge is 0.494 e. The molecule has 0 fully saturated rings. The van der Waals surface area contributed by atoms with Gasteiger partial charge >= 0.3 is 0 Å². The molecule has 2 heterocycles. The summed E-state index contributed by atoms with van der Waals surface area (Å²) in [7, 11) is -3.78. The Labute approximate surface area is 168 Å². The van der Waals surface area contributed by atoms with E-state index < -0.39 is 10.0 Å². The number of nitrogens with one attached hydrogen (secondary N) is 1. The van der Waals surface area contributed by atoms with Gasteiger partial charge in [-0.05, 0) is 45.0 Å². The maximum Gasteiger partial charge on any atom is 0.244 e.